The summed E-state index contributed by atoms with van der Waals surface area (Å²) >= 11 is 1.81. The predicted molar refractivity (Wildman–Crippen MR) is 129 cm³/mol. The molecular weight excluding hydrogens is 467 g/mol. The number of nitrogens with zero attached hydrogens (tertiary/aromatic N) is 2. The molecule has 0 spiro atoms. The molecule has 0 aliphatic carbocycles. The largest absolute Gasteiger partial charge is 0.357 e. The molecule has 0 radical (unpaired) electrons. The van der Waals surface area contributed by atoms with Crippen molar-refractivity contribution in [1.82, 2.24) is 15.5 Å². The average Bonchev–Trinajstić information content (AvgIpc) is 3.14. The fraction of sp³-hybridized carbons (Fsp3) is 0.476. The van der Waals surface area contributed by atoms with Crippen molar-refractivity contribution in [3.05, 3.63) is 57.8 Å². The highest BCUT2D eigenvalue weighted by atomic mass is 127. The van der Waals surface area contributed by atoms with Gasteiger partial charge in [-0.2, -0.15) is 0 Å². The second-order valence-corrected chi connectivity index (χ2v) is 8.41. The maximum Gasteiger partial charge on any atom is 0.191 e. The van der Waals surface area contributed by atoms with Gasteiger partial charge in [-0.05, 0) is 43.6 Å². The summed E-state index contributed by atoms with van der Waals surface area (Å²) in [6, 6.07) is 13.0. The Morgan fingerprint density at radius 3 is 2.30 bits per heavy atom. The Morgan fingerprint density at radius 2 is 1.74 bits per heavy atom. The summed E-state index contributed by atoms with van der Waals surface area (Å²) < 4.78 is 0. The Labute approximate surface area is 185 Å². The van der Waals surface area contributed by atoms with Crippen LogP contribution in [-0.4, -0.2) is 38.0 Å². The van der Waals surface area contributed by atoms with Crippen LogP contribution in [0.1, 0.15) is 36.8 Å². The molecule has 0 fully saturated rings. The summed E-state index contributed by atoms with van der Waals surface area (Å²) in [6.07, 6.45) is 0. The maximum atomic E-state index is 4.75. The van der Waals surface area contributed by atoms with Crippen LogP contribution in [0, 0.1) is 0 Å². The van der Waals surface area contributed by atoms with Crippen molar-refractivity contribution in [2.75, 3.05) is 27.2 Å². The zero-order valence-electron chi connectivity index (χ0n) is 17.1. The van der Waals surface area contributed by atoms with Gasteiger partial charge >= 0.3 is 0 Å². The molecule has 0 unspecified atom stereocenters. The number of hydrogen-bond acceptors (Lipinski definition) is 3. The number of aliphatic imine (C=N–C) groups is 1. The van der Waals surface area contributed by atoms with Crippen molar-refractivity contribution in [3.63, 3.8) is 0 Å². The van der Waals surface area contributed by atoms with Crippen molar-refractivity contribution in [2.24, 2.45) is 4.99 Å². The molecule has 4 nitrogen and oxygen atoms in total. The molecule has 1 aromatic carbocycles. The molecule has 0 saturated heterocycles. The number of nitrogens with one attached hydrogen (secondary N) is 2. The number of hydrogen-bond donors (Lipinski definition) is 2. The van der Waals surface area contributed by atoms with Crippen LogP contribution in [0.15, 0.2) is 46.8 Å². The minimum absolute atomic E-state index is 0. The SMILES string of the molecule is CCNC(=NCc1ccc(CN(C)C)cc1)NCC(C)(C)c1cccs1.I. The van der Waals surface area contributed by atoms with E-state index in [1.807, 2.05) is 0 Å². The standard InChI is InChI=1S/C21H32N4S.HI/c1-6-22-20(24-16-21(2,3)19-8-7-13-26-19)23-14-17-9-11-18(12-10-17)15-25(4)5;/h7-13H,6,14-16H2,1-5H3,(H2,22,23,24);1H. The van der Waals surface area contributed by atoms with E-state index in [1.165, 1.54) is 16.0 Å². The topological polar surface area (TPSA) is 39.7 Å². The first-order chi connectivity index (χ1) is 12.4. The summed E-state index contributed by atoms with van der Waals surface area (Å²) in [5, 5.41) is 8.97. The van der Waals surface area contributed by atoms with Crippen LogP contribution in [0.25, 0.3) is 0 Å². The Bertz CT molecular complexity index is 679. The third-order valence-corrected chi connectivity index (χ3v) is 5.41. The van der Waals surface area contributed by atoms with E-state index in [2.05, 4.69) is 92.2 Å². The monoisotopic (exact) mass is 500 g/mol. The number of benzene rings is 1. The van der Waals surface area contributed by atoms with Crippen LogP contribution >= 0.6 is 35.3 Å². The highest BCUT2D eigenvalue weighted by Gasteiger charge is 2.21. The van der Waals surface area contributed by atoms with Gasteiger partial charge in [0.25, 0.3) is 0 Å². The predicted octanol–water partition coefficient (Wildman–Crippen LogP) is 4.46. The van der Waals surface area contributed by atoms with E-state index >= 15 is 0 Å². The summed E-state index contributed by atoms with van der Waals surface area (Å²) in [5.74, 6) is 0.870. The summed E-state index contributed by atoms with van der Waals surface area (Å²) in [7, 11) is 4.18. The van der Waals surface area contributed by atoms with Gasteiger partial charge in [-0.25, -0.2) is 4.99 Å². The summed E-state index contributed by atoms with van der Waals surface area (Å²) in [4.78, 5) is 8.31. The first kappa shape index (κ1) is 23.9. The Balaban J connectivity index is 0.00000364. The van der Waals surface area contributed by atoms with Crippen molar-refractivity contribution >= 4 is 41.3 Å². The highest BCUT2D eigenvalue weighted by Crippen LogP contribution is 2.26. The van der Waals surface area contributed by atoms with E-state index in [0.717, 1.165) is 25.6 Å². The molecule has 0 aliphatic heterocycles. The van der Waals surface area contributed by atoms with Crippen LogP contribution in [-0.2, 0) is 18.5 Å². The van der Waals surface area contributed by atoms with Crippen LogP contribution in [0.5, 0.6) is 0 Å². The second-order valence-electron chi connectivity index (χ2n) is 7.46. The second kappa shape index (κ2) is 11.7. The van der Waals surface area contributed by atoms with Crippen molar-refractivity contribution in [3.8, 4) is 0 Å². The molecule has 6 heteroatoms. The molecule has 0 saturated carbocycles. The molecule has 27 heavy (non-hydrogen) atoms. The smallest absolute Gasteiger partial charge is 0.191 e. The minimum Gasteiger partial charge on any atom is -0.357 e. The molecule has 0 bridgehead atoms. The number of guanidine groups is 1. The zero-order valence-corrected chi connectivity index (χ0v) is 20.2. The lowest BCUT2D eigenvalue weighted by atomic mass is 9.91. The van der Waals surface area contributed by atoms with Gasteiger partial charge in [-0.15, -0.1) is 35.3 Å². The average molecular weight is 500 g/mol. The lowest BCUT2D eigenvalue weighted by molar-refractivity contribution is 0.402. The van der Waals surface area contributed by atoms with Crippen LogP contribution < -0.4 is 10.6 Å². The van der Waals surface area contributed by atoms with E-state index in [-0.39, 0.29) is 29.4 Å². The Hall–Kier alpha value is -1.12. The number of thiophene rings is 1. The van der Waals surface area contributed by atoms with Crippen molar-refractivity contribution in [2.45, 2.75) is 39.3 Å². The molecule has 0 amide bonds. The zero-order chi connectivity index (χ0) is 19.0. The molecule has 1 aromatic heterocycles. The van der Waals surface area contributed by atoms with E-state index in [4.69, 9.17) is 4.99 Å². The van der Waals surface area contributed by atoms with Gasteiger partial charge in [0.15, 0.2) is 5.96 Å². The molecule has 2 rings (SSSR count). The summed E-state index contributed by atoms with van der Waals surface area (Å²) in [5.41, 5.74) is 2.63. The first-order valence-electron chi connectivity index (χ1n) is 9.19. The van der Waals surface area contributed by atoms with Gasteiger partial charge in [0.05, 0.1) is 6.54 Å². The lowest BCUT2D eigenvalue weighted by Crippen LogP contribution is -2.43. The third-order valence-electron chi connectivity index (χ3n) is 4.17. The molecule has 1 heterocycles. The molecule has 150 valence electrons. The van der Waals surface area contributed by atoms with Gasteiger partial charge in [0, 0.05) is 29.9 Å². The molecular formula is C21H33IN4S. The molecule has 0 aliphatic rings. The minimum atomic E-state index is 0. The Morgan fingerprint density at radius 1 is 1.07 bits per heavy atom. The fourth-order valence-corrected chi connectivity index (χ4v) is 3.53. The lowest BCUT2D eigenvalue weighted by Gasteiger charge is -2.25. The quantitative estimate of drug-likeness (QED) is 0.320. The highest BCUT2D eigenvalue weighted by molar-refractivity contribution is 14.0. The van der Waals surface area contributed by atoms with E-state index in [9.17, 15) is 0 Å². The van der Waals surface area contributed by atoms with Gasteiger partial charge in [0.2, 0.25) is 0 Å². The molecule has 0 atom stereocenters. The van der Waals surface area contributed by atoms with Gasteiger partial charge in [-0.1, -0.05) is 44.2 Å². The number of rotatable bonds is 8. The van der Waals surface area contributed by atoms with Gasteiger partial charge in [-0.3, -0.25) is 0 Å². The van der Waals surface area contributed by atoms with Crippen LogP contribution in [0.3, 0.4) is 0 Å². The van der Waals surface area contributed by atoms with E-state index in [1.54, 1.807) is 11.3 Å². The van der Waals surface area contributed by atoms with Crippen LogP contribution in [0.4, 0.5) is 0 Å². The first-order valence-corrected chi connectivity index (χ1v) is 10.1. The fourth-order valence-electron chi connectivity index (χ4n) is 2.68. The number of halogens is 1. The van der Waals surface area contributed by atoms with Crippen molar-refractivity contribution < 1.29 is 0 Å². The van der Waals surface area contributed by atoms with Crippen molar-refractivity contribution in [1.29, 1.82) is 0 Å². The maximum absolute atomic E-state index is 4.75. The van der Waals surface area contributed by atoms with Gasteiger partial charge < -0.3 is 15.5 Å². The molecule has 2 N–H and O–H groups in total. The Kier molecular flexibility index (Phi) is 10.3. The van der Waals surface area contributed by atoms with E-state index in [0.29, 0.717) is 6.54 Å². The normalized spacial score (nSPS) is 12.0. The van der Waals surface area contributed by atoms with Gasteiger partial charge in [0.1, 0.15) is 0 Å². The van der Waals surface area contributed by atoms with E-state index < -0.39 is 0 Å². The van der Waals surface area contributed by atoms with Crippen LogP contribution in [0.2, 0.25) is 0 Å². The summed E-state index contributed by atoms with van der Waals surface area (Å²) in [6.45, 7) is 9.96. The molecule has 2 aromatic rings. The third kappa shape index (κ3) is 8.19.